The molecule has 3 amide bonds. The van der Waals surface area contributed by atoms with Gasteiger partial charge in [0.2, 0.25) is 0 Å². The van der Waals surface area contributed by atoms with Crippen LogP contribution in [0.25, 0.3) is 0 Å². The summed E-state index contributed by atoms with van der Waals surface area (Å²) in [6.07, 6.45) is 4.40. The lowest BCUT2D eigenvalue weighted by Gasteiger charge is -2.31. The maximum Gasteiger partial charge on any atom is 0.319 e. The van der Waals surface area contributed by atoms with E-state index >= 15 is 0 Å². The molecule has 3 rings (SSSR count). The molecule has 0 unspecified atom stereocenters. The summed E-state index contributed by atoms with van der Waals surface area (Å²) in [4.78, 5) is 26.4. The number of aryl methyl sites for hydroxylation is 1. The van der Waals surface area contributed by atoms with Gasteiger partial charge in [0.1, 0.15) is 0 Å². The minimum Gasteiger partial charge on any atom is -0.338 e. The summed E-state index contributed by atoms with van der Waals surface area (Å²) >= 11 is 0. The number of anilines is 1. The van der Waals surface area contributed by atoms with Crippen molar-refractivity contribution >= 4 is 17.6 Å². The van der Waals surface area contributed by atoms with E-state index in [2.05, 4.69) is 17.6 Å². The maximum absolute atomic E-state index is 12.6. The molecule has 2 N–H and O–H groups in total. The van der Waals surface area contributed by atoms with Gasteiger partial charge < -0.3 is 15.5 Å². The maximum atomic E-state index is 12.6. The first-order chi connectivity index (χ1) is 11.0. The van der Waals surface area contributed by atoms with Crippen LogP contribution in [0.4, 0.5) is 10.5 Å². The van der Waals surface area contributed by atoms with Gasteiger partial charge in [-0.05, 0) is 62.3 Å². The third kappa shape index (κ3) is 4.03. The Hall–Kier alpha value is -2.04. The Morgan fingerprint density at radius 1 is 1.22 bits per heavy atom. The molecule has 5 nitrogen and oxygen atoms in total. The van der Waals surface area contributed by atoms with Crippen LogP contribution in [0, 0.1) is 12.8 Å². The highest BCUT2D eigenvalue weighted by atomic mass is 16.2. The number of nitrogens with one attached hydrogen (secondary N) is 2. The van der Waals surface area contributed by atoms with Crippen LogP contribution in [-0.4, -0.2) is 36.0 Å². The van der Waals surface area contributed by atoms with Gasteiger partial charge >= 0.3 is 6.03 Å². The second-order valence-corrected chi connectivity index (χ2v) is 6.90. The van der Waals surface area contributed by atoms with Crippen LogP contribution in [-0.2, 0) is 0 Å². The number of carbonyl (C=O) groups is 2. The summed E-state index contributed by atoms with van der Waals surface area (Å²) in [6, 6.07) is 5.66. The number of amides is 3. The molecule has 1 saturated heterocycles. The van der Waals surface area contributed by atoms with Crippen LogP contribution in [0.1, 0.15) is 48.5 Å². The number of likely N-dealkylation sites (tertiary alicyclic amines) is 1. The van der Waals surface area contributed by atoms with E-state index in [1.165, 1.54) is 6.42 Å². The van der Waals surface area contributed by atoms with Crippen molar-refractivity contribution in [3.8, 4) is 0 Å². The van der Waals surface area contributed by atoms with E-state index in [0.29, 0.717) is 17.5 Å². The number of carbonyl (C=O) groups excluding carboxylic acids is 2. The van der Waals surface area contributed by atoms with E-state index in [1.54, 1.807) is 6.07 Å². The number of benzene rings is 1. The average molecular weight is 315 g/mol. The molecule has 0 aromatic heterocycles. The standard InChI is InChI=1S/C18H25N3O2/c1-12-4-3-9-21(11-12)17(22)14-5-8-16(13(2)10-14)20-18(23)19-15-6-7-15/h5,8,10,12,15H,3-4,6-7,9,11H2,1-2H3,(H2,19,20,23)/t12-/m1/s1. The van der Waals surface area contributed by atoms with Crippen LogP contribution in [0.3, 0.4) is 0 Å². The number of urea groups is 1. The lowest BCUT2D eigenvalue weighted by atomic mass is 9.99. The van der Waals surface area contributed by atoms with Crippen molar-refractivity contribution in [2.75, 3.05) is 18.4 Å². The fourth-order valence-corrected chi connectivity index (χ4v) is 3.06. The van der Waals surface area contributed by atoms with Crippen LogP contribution in [0.2, 0.25) is 0 Å². The highest BCUT2D eigenvalue weighted by molar-refractivity contribution is 5.96. The zero-order valence-electron chi connectivity index (χ0n) is 13.9. The highest BCUT2D eigenvalue weighted by Gasteiger charge is 2.24. The van der Waals surface area contributed by atoms with E-state index < -0.39 is 0 Å². The van der Waals surface area contributed by atoms with E-state index in [9.17, 15) is 9.59 Å². The van der Waals surface area contributed by atoms with Gasteiger partial charge in [0.25, 0.3) is 5.91 Å². The van der Waals surface area contributed by atoms with Gasteiger partial charge in [-0.1, -0.05) is 6.92 Å². The first kappa shape index (κ1) is 15.8. The molecule has 2 aliphatic rings. The molecule has 0 spiro atoms. The molecular formula is C18H25N3O2. The second-order valence-electron chi connectivity index (χ2n) is 6.90. The number of piperidine rings is 1. The van der Waals surface area contributed by atoms with Gasteiger partial charge in [-0.25, -0.2) is 4.79 Å². The molecule has 0 radical (unpaired) electrons. The Morgan fingerprint density at radius 2 is 2.00 bits per heavy atom. The first-order valence-corrected chi connectivity index (χ1v) is 8.50. The van der Waals surface area contributed by atoms with Gasteiger partial charge in [-0.15, -0.1) is 0 Å². The molecule has 5 heteroatoms. The van der Waals surface area contributed by atoms with E-state index in [1.807, 2.05) is 24.0 Å². The quantitative estimate of drug-likeness (QED) is 0.900. The minimum absolute atomic E-state index is 0.0913. The lowest BCUT2D eigenvalue weighted by Crippen LogP contribution is -2.39. The molecule has 23 heavy (non-hydrogen) atoms. The number of hydrogen-bond donors (Lipinski definition) is 2. The van der Waals surface area contributed by atoms with Crippen molar-refractivity contribution in [3.63, 3.8) is 0 Å². The Labute approximate surface area is 137 Å². The summed E-state index contributed by atoms with van der Waals surface area (Å²) in [5.41, 5.74) is 2.36. The fraction of sp³-hybridized carbons (Fsp3) is 0.556. The summed E-state index contributed by atoms with van der Waals surface area (Å²) in [5.74, 6) is 0.662. The zero-order valence-corrected chi connectivity index (χ0v) is 13.9. The van der Waals surface area contributed by atoms with Crippen LogP contribution < -0.4 is 10.6 Å². The zero-order chi connectivity index (χ0) is 16.4. The molecular weight excluding hydrogens is 290 g/mol. The van der Waals surface area contributed by atoms with Crippen molar-refractivity contribution < 1.29 is 9.59 Å². The molecule has 1 aromatic carbocycles. The SMILES string of the molecule is Cc1cc(C(=O)N2CCC[C@@H](C)C2)ccc1NC(=O)NC1CC1. The molecule has 1 aliphatic heterocycles. The Morgan fingerprint density at radius 3 is 2.65 bits per heavy atom. The van der Waals surface area contributed by atoms with Gasteiger partial charge in [0, 0.05) is 30.4 Å². The smallest absolute Gasteiger partial charge is 0.319 e. The van der Waals surface area contributed by atoms with Crippen molar-refractivity contribution in [1.82, 2.24) is 10.2 Å². The van der Waals surface area contributed by atoms with Crippen molar-refractivity contribution in [2.45, 2.75) is 45.6 Å². The van der Waals surface area contributed by atoms with E-state index in [4.69, 9.17) is 0 Å². The third-order valence-corrected chi connectivity index (χ3v) is 4.58. The summed E-state index contributed by atoms with van der Waals surface area (Å²) in [6.45, 7) is 5.78. The Kier molecular flexibility index (Phi) is 4.55. The molecule has 2 fully saturated rings. The monoisotopic (exact) mass is 315 g/mol. The van der Waals surface area contributed by atoms with Crippen LogP contribution in [0.15, 0.2) is 18.2 Å². The second kappa shape index (κ2) is 6.60. The number of rotatable bonds is 3. The number of hydrogen-bond acceptors (Lipinski definition) is 2. The first-order valence-electron chi connectivity index (χ1n) is 8.50. The molecule has 1 aromatic rings. The summed E-state index contributed by atoms with van der Waals surface area (Å²) in [7, 11) is 0. The molecule has 1 atom stereocenters. The minimum atomic E-state index is -0.167. The van der Waals surface area contributed by atoms with Crippen molar-refractivity contribution in [3.05, 3.63) is 29.3 Å². The van der Waals surface area contributed by atoms with Crippen LogP contribution in [0.5, 0.6) is 0 Å². The van der Waals surface area contributed by atoms with E-state index in [0.717, 1.165) is 43.6 Å². The van der Waals surface area contributed by atoms with Gasteiger partial charge in [-0.3, -0.25) is 4.79 Å². The van der Waals surface area contributed by atoms with Crippen LogP contribution >= 0.6 is 0 Å². The molecule has 1 heterocycles. The largest absolute Gasteiger partial charge is 0.338 e. The van der Waals surface area contributed by atoms with Gasteiger partial charge in [0.15, 0.2) is 0 Å². The Balaban J connectivity index is 1.65. The number of nitrogens with zero attached hydrogens (tertiary/aromatic N) is 1. The van der Waals surface area contributed by atoms with Gasteiger partial charge in [0.05, 0.1) is 0 Å². The van der Waals surface area contributed by atoms with Crippen molar-refractivity contribution in [1.29, 1.82) is 0 Å². The highest BCUT2D eigenvalue weighted by Crippen LogP contribution is 2.22. The molecule has 1 aliphatic carbocycles. The van der Waals surface area contributed by atoms with Gasteiger partial charge in [-0.2, -0.15) is 0 Å². The summed E-state index contributed by atoms with van der Waals surface area (Å²) in [5, 5.41) is 5.76. The normalized spacial score (nSPS) is 21.0. The fourth-order valence-electron chi connectivity index (χ4n) is 3.06. The predicted octanol–water partition coefficient (Wildman–Crippen LogP) is 3.15. The average Bonchev–Trinajstić information content (AvgIpc) is 3.32. The molecule has 1 saturated carbocycles. The van der Waals surface area contributed by atoms with E-state index in [-0.39, 0.29) is 11.9 Å². The Bertz CT molecular complexity index is 610. The molecule has 0 bridgehead atoms. The third-order valence-electron chi connectivity index (χ3n) is 4.58. The van der Waals surface area contributed by atoms with Crippen molar-refractivity contribution in [2.24, 2.45) is 5.92 Å². The topological polar surface area (TPSA) is 61.4 Å². The summed E-state index contributed by atoms with van der Waals surface area (Å²) < 4.78 is 0. The predicted molar refractivity (Wildman–Crippen MR) is 90.7 cm³/mol. The lowest BCUT2D eigenvalue weighted by molar-refractivity contribution is 0.0683. The molecule has 124 valence electrons.